The van der Waals surface area contributed by atoms with Crippen molar-refractivity contribution >= 4 is 23.1 Å². The molecule has 0 unspecified atom stereocenters. The molecule has 0 bridgehead atoms. The smallest absolute Gasteiger partial charge is 0.274 e. The van der Waals surface area contributed by atoms with E-state index in [2.05, 4.69) is 25.4 Å². The molecule has 32 heavy (non-hydrogen) atoms. The predicted molar refractivity (Wildman–Crippen MR) is 120 cm³/mol. The molecule has 0 spiro atoms. The number of nitrogen functional groups attached to an aromatic ring is 1. The molecule has 0 aliphatic heterocycles. The molecule has 9 heteroatoms. The number of benzene rings is 1. The lowest BCUT2D eigenvalue weighted by atomic mass is 10.1. The van der Waals surface area contributed by atoms with Crippen molar-refractivity contribution in [3.05, 3.63) is 78.2 Å². The van der Waals surface area contributed by atoms with Crippen molar-refractivity contribution in [2.45, 2.75) is 13.8 Å². The van der Waals surface area contributed by atoms with Gasteiger partial charge in [0.15, 0.2) is 0 Å². The third-order valence-electron chi connectivity index (χ3n) is 5.12. The molecule has 9 nitrogen and oxygen atoms in total. The van der Waals surface area contributed by atoms with Gasteiger partial charge in [0.1, 0.15) is 17.2 Å². The Labute approximate surface area is 182 Å². The lowest BCUT2D eigenvalue weighted by Crippen LogP contribution is -2.15. The molecule has 0 fully saturated rings. The highest BCUT2D eigenvalue weighted by molar-refractivity contribution is 6.04. The summed E-state index contributed by atoms with van der Waals surface area (Å²) in [6, 6.07) is 13.0. The van der Waals surface area contributed by atoms with Crippen molar-refractivity contribution in [3.63, 3.8) is 0 Å². The summed E-state index contributed by atoms with van der Waals surface area (Å²) in [5.74, 6) is 1.09. The number of imidazole rings is 1. The minimum absolute atomic E-state index is 0.284. The highest BCUT2D eigenvalue weighted by Gasteiger charge is 2.16. The zero-order chi connectivity index (χ0) is 22.2. The lowest BCUT2D eigenvalue weighted by Gasteiger charge is -2.10. The minimum atomic E-state index is -0.284. The lowest BCUT2D eigenvalue weighted by molar-refractivity contribution is 0.102. The Morgan fingerprint density at radius 2 is 1.88 bits per heavy atom. The number of carbonyl (C=O) groups excluding carboxylic acids is 1. The summed E-state index contributed by atoms with van der Waals surface area (Å²) in [4.78, 5) is 25.8. The first-order chi connectivity index (χ1) is 15.5. The number of fused-ring (bicyclic) bond motifs is 1. The van der Waals surface area contributed by atoms with E-state index >= 15 is 0 Å². The van der Waals surface area contributed by atoms with Gasteiger partial charge in [0, 0.05) is 30.6 Å². The van der Waals surface area contributed by atoms with Crippen molar-refractivity contribution in [1.29, 1.82) is 0 Å². The van der Waals surface area contributed by atoms with Gasteiger partial charge >= 0.3 is 0 Å². The summed E-state index contributed by atoms with van der Waals surface area (Å²) < 4.78 is 6.81. The summed E-state index contributed by atoms with van der Waals surface area (Å²) >= 11 is 0. The van der Waals surface area contributed by atoms with Crippen LogP contribution in [0.15, 0.2) is 65.6 Å². The van der Waals surface area contributed by atoms with Gasteiger partial charge in [-0.05, 0) is 53.9 Å². The standard InChI is InChI=1S/C23H19N7O2/c1-13-3-4-16(22-27-14(2)32-29-22)9-18(13)28-23(31)19-11-26-21-6-5-17(12-30(19)21)15-7-8-25-20(24)10-15/h3-12H,1-2H3,(H2,24,25)(H,28,31). The molecule has 0 radical (unpaired) electrons. The number of aromatic nitrogens is 5. The number of amides is 1. The molecule has 3 N–H and O–H groups in total. The molecular formula is C23H19N7O2. The van der Waals surface area contributed by atoms with Crippen LogP contribution in [0.1, 0.15) is 21.9 Å². The maximum atomic E-state index is 13.1. The quantitative estimate of drug-likeness (QED) is 0.447. The molecule has 0 aliphatic carbocycles. The van der Waals surface area contributed by atoms with Crippen molar-refractivity contribution < 1.29 is 9.32 Å². The monoisotopic (exact) mass is 425 g/mol. The van der Waals surface area contributed by atoms with E-state index < -0.39 is 0 Å². The van der Waals surface area contributed by atoms with Crippen LogP contribution in [0.5, 0.6) is 0 Å². The SMILES string of the molecule is Cc1nc(-c2ccc(C)c(NC(=O)c3cnc4ccc(-c5ccnc(N)c5)cn34)c2)no1. The van der Waals surface area contributed by atoms with E-state index in [-0.39, 0.29) is 5.91 Å². The number of pyridine rings is 2. The van der Waals surface area contributed by atoms with Gasteiger partial charge in [-0.15, -0.1) is 0 Å². The van der Waals surface area contributed by atoms with E-state index in [1.54, 1.807) is 29.8 Å². The van der Waals surface area contributed by atoms with Gasteiger partial charge in [-0.1, -0.05) is 17.3 Å². The largest absolute Gasteiger partial charge is 0.384 e. The third kappa shape index (κ3) is 3.56. The summed E-state index contributed by atoms with van der Waals surface area (Å²) in [7, 11) is 0. The Hall–Kier alpha value is -4.53. The van der Waals surface area contributed by atoms with E-state index in [0.29, 0.717) is 34.6 Å². The number of nitrogens with zero attached hydrogens (tertiary/aromatic N) is 5. The van der Waals surface area contributed by atoms with Crippen molar-refractivity contribution in [3.8, 4) is 22.5 Å². The van der Waals surface area contributed by atoms with Gasteiger partial charge in [0.2, 0.25) is 11.7 Å². The zero-order valence-corrected chi connectivity index (χ0v) is 17.4. The van der Waals surface area contributed by atoms with Crippen LogP contribution in [0, 0.1) is 13.8 Å². The van der Waals surface area contributed by atoms with Crippen LogP contribution in [-0.2, 0) is 0 Å². The van der Waals surface area contributed by atoms with Crippen LogP contribution in [0.2, 0.25) is 0 Å². The molecular weight excluding hydrogens is 406 g/mol. The van der Waals surface area contributed by atoms with Crippen LogP contribution in [0.25, 0.3) is 28.2 Å². The molecule has 0 aliphatic rings. The molecule has 158 valence electrons. The first kappa shape index (κ1) is 19.4. The number of hydrogen-bond acceptors (Lipinski definition) is 7. The maximum Gasteiger partial charge on any atom is 0.274 e. The van der Waals surface area contributed by atoms with Gasteiger partial charge in [-0.3, -0.25) is 9.20 Å². The fourth-order valence-electron chi connectivity index (χ4n) is 3.45. The van der Waals surface area contributed by atoms with Gasteiger partial charge in [-0.25, -0.2) is 9.97 Å². The van der Waals surface area contributed by atoms with E-state index in [1.165, 1.54) is 0 Å². The summed E-state index contributed by atoms with van der Waals surface area (Å²) in [5, 5.41) is 6.92. The molecule has 0 saturated carbocycles. The number of rotatable bonds is 4. The predicted octanol–water partition coefficient (Wildman–Crippen LogP) is 3.90. The molecule has 1 amide bonds. The first-order valence-electron chi connectivity index (χ1n) is 9.89. The minimum Gasteiger partial charge on any atom is -0.384 e. The van der Waals surface area contributed by atoms with Crippen LogP contribution in [-0.4, -0.2) is 30.4 Å². The van der Waals surface area contributed by atoms with E-state index in [4.69, 9.17) is 10.3 Å². The third-order valence-corrected chi connectivity index (χ3v) is 5.12. The number of nitrogens with two attached hydrogens (primary N) is 1. The fraction of sp³-hybridized carbons (Fsp3) is 0.0870. The summed E-state index contributed by atoms with van der Waals surface area (Å²) in [6.07, 6.45) is 5.06. The number of aryl methyl sites for hydroxylation is 2. The Morgan fingerprint density at radius 3 is 2.66 bits per heavy atom. The topological polar surface area (TPSA) is 124 Å². The van der Waals surface area contributed by atoms with Crippen LogP contribution >= 0.6 is 0 Å². The number of hydrogen-bond donors (Lipinski definition) is 2. The second kappa shape index (κ2) is 7.62. The first-order valence-corrected chi connectivity index (χ1v) is 9.89. The number of anilines is 2. The Kier molecular flexibility index (Phi) is 4.63. The fourth-order valence-corrected chi connectivity index (χ4v) is 3.45. The van der Waals surface area contributed by atoms with Crippen molar-refractivity contribution in [2.24, 2.45) is 0 Å². The number of carbonyl (C=O) groups is 1. The van der Waals surface area contributed by atoms with Gasteiger partial charge in [0.05, 0.1) is 6.20 Å². The average Bonchev–Trinajstić information content (AvgIpc) is 3.41. The highest BCUT2D eigenvalue weighted by Crippen LogP contribution is 2.25. The second-order valence-corrected chi connectivity index (χ2v) is 7.38. The molecule has 5 rings (SSSR count). The van der Waals surface area contributed by atoms with Gasteiger partial charge in [0.25, 0.3) is 5.91 Å². The molecule has 1 aromatic carbocycles. The van der Waals surface area contributed by atoms with E-state index in [0.717, 1.165) is 22.3 Å². The normalized spacial score (nSPS) is 11.1. The van der Waals surface area contributed by atoms with E-state index in [9.17, 15) is 4.79 Å². The van der Waals surface area contributed by atoms with Crippen molar-refractivity contribution in [2.75, 3.05) is 11.1 Å². The highest BCUT2D eigenvalue weighted by atomic mass is 16.5. The molecule has 0 saturated heterocycles. The zero-order valence-electron chi connectivity index (χ0n) is 17.4. The summed E-state index contributed by atoms with van der Waals surface area (Å²) in [5.41, 5.74) is 11.0. The Balaban J connectivity index is 1.48. The van der Waals surface area contributed by atoms with Gasteiger partial charge < -0.3 is 15.6 Å². The number of nitrogens with one attached hydrogen (secondary N) is 1. The molecule has 4 heterocycles. The van der Waals surface area contributed by atoms with Crippen molar-refractivity contribution in [1.82, 2.24) is 24.5 Å². The molecule has 0 atom stereocenters. The Bertz CT molecular complexity index is 1470. The molecule has 4 aromatic heterocycles. The second-order valence-electron chi connectivity index (χ2n) is 7.38. The average molecular weight is 425 g/mol. The van der Waals surface area contributed by atoms with Crippen LogP contribution in [0.4, 0.5) is 11.5 Å². The van der Waals surface area contributed by atoms with Crippen LogP contribution < -0.4 is 11.1 Å². The summed E-state index contributed by atoms with van der Waals surface area (Å²) in [6.45, 7) is 3.65. The Morgan fingerprint density at radius 1 is 1.03 bits per heavy atom. The van der Waals surface area contributed by atoms with E-state index in [1.807, 2.05) is 49.5 Å². The molecule has 5 aromatic rings. The van der Waals surface area contributed by atoms with Crippen LogP contribution in [0.3, 0.4) is 0 Å². The van der Waals surface area contributed by atoms with Gasteiger partial charge in [-0.2, -0.15) is 4.98 Å². The maximum absolute atomic E-state index is 13.1.